The van der Waals surface area contributed by atoms with Gasteiger partial charge >= 0.3 is 5.76 Å². The molecule has 4 rings (SSSR count). The third kappa shape index (κ3) is 2.91. The number of nitrogens with zero attached hydrogens (tertiary/aromatic N) is 2. The fourth-order valence-corrected chi connectivity index (χ4v) is 3.21. The van der Waals surface area contributed by atoms with Gasteiger partial charge in [-0.3, -0.25) is 9.36 Å². The van der Waals surface area contributed by atoms with Crippen LogP contribution in [0.1, 0.15) is 23.2 Å². The molecule has 128 valence electrons. The molecular formula is C19H19N3O3. The number of aryl methyl sites for hydroxylation is 1. The Kier molecular flexibility index (Phi) is 3.80. The van der Waals surface area contributed by atoms with E-state index < -0.39 is 5.76 Å². The van der Waals surface area contributed by atoms with Crippen molar-refractivity contribution in [1.29, 1.82) is 0 Å². The Labute approximate surface area is 144 Å². The Bertz CT molecular complexity index is 979. The number of fused-ring (bicyclic) bond motifs is 1. The number of hydrogen-bond acceptors (Lipinski definition) is 4. The molecule has 0 saturated carbocycles. The van der Waals surface area contributed by atoms with E-state index >= 15 is 0 Å². The van der Waals surface area contributed by atoms with Crippen molar-refractivity contribution in [3.63, 3.8) is 0 Å². The smallest absolute Gasteiger partial charge is 0.408 e. The topological polar surface area (TPSA) is 67.5 Å². The highest BCUT2D eigenvalue weighted by atomic mass is 16.4. The Morgan fingerprint density at radius 2 is 1.80 bits per heavy atom. The highest BCUT2D eigenvalue weighted by molar-refractivity contribution is 6.05. The van der Waals surface area contributed by atoms with Gasteiger partial charge in [0.15, 0.2) is 5.58 Å². The van der Waals surface area contributed by atoms with Crippen LogP contribution in [0.2, 0.25) is 0 Å². The molecule has 1 N–H and O–H groups in total. The van der Waals surface area contributed by atoms with Crippen molar-refractivity contribution < 1.29 is 9.21 Å². The van der Waals surface area contributed by atoms with Crippen LogP contribution in [0.5, 0.6) is 0 Å². The summed E-state index contributed by atoms with van der Waals surface area (Å²) in [4.78, 5) is 26.3. The van der Waals surface area contributed by atoms with Crippen LogP contribution in [0.15, 0.2) is 51.7 Å². The maximum atomic E-state index is 12.4. The average Bonchev–Trinajstić information content (AvgIpc) is 3.24. The number of benzene rings is 2. The van der Waals surface area contributed by atoms with Crippen molar-refractivity contribution in [2.75, 3.05) is 23.3 Å². The molecule has 2 heterocycles. The summed E-state index contributed by atoms with van der Waals surface area (Å²) in [6, 6.07) is 12.9. The molecule has 1 aliphatic heterocycles. The molecular weight excluding hydrogens is 318 g/mol. The second kappa shape index (κ2) is 6.12. The van der Waals surface area contributed by atoms with E-state index in [-0.39, 0.29) is 5.91 Å². The summed E-state index contributed by atoms with van der Waals surface area (Å²) in [6.07, 6.45) is 2.47. The zero-order valence-corrected chi connectivity index (χ0v) is 14.0. The van der Waals surface area contributed by atoms with Crippen molar-refractivity contribution in [3.05, 3.63) is 58.6 Å². The first kappa shape index (κ1) is 15.5. The Hall–Kier alpha value is -3.02. The van der Waals surface area contributed by atoms with Gasteiger partial charge in [0.05, 0.1) is 5.52 Å². The number of anilines is 2. The Balaban J connectivity index is 1.52. The van der Waals surface area contributed by atoms with Gasteiger partial charge in [-0.15, -0.1) is 0 Å². The highest BCUT2D eigenvalue weighted by Gasteiger charge is 2.13. The predicted octanol–water partition coefficient (Wildman–Crippen LogP) is 2.98. The van der Waals surface area contributed by atoms with Crippen LogP contribution >= 0.6 is 0 Å². The van der Waals surface area contributed by atoms with Gasteiger partial charge in [-0.25, -0.2) is 4.79 Å². The fourth-order valence-electron chi connectivity index (χ4n) is 3.21. The van der Waals surface area contributed by atoms with Gasteiger partial charge < -0.3 is 14.6 Å². The minimum absolute atomic E-state index is 0.234. The van der Waals surface area contributed by atoms with Gasteiger partial charge in [0.1, 0.15) is 0 Å². The quantitative estimate of drug-likeness (QED) is 0.798. The molecule has 1 aromatic heterocycles. The van der Waals surface area contributed by atoms with E-state index in [0.29, 0.717) is 16.7 Å². The summed E-state index contributed by atoms with van der Waals surface area (Å²) in [5.41, 5.74) is 3.44. The van der Waals surface area contributed by atoms with Crippen molar-refractivity contribution in [3.8, 4) is 0 Å². The molecule has 6 heteroatoms. The SMILES string of the molecule is Cn1c(=O)oc2cc(C(=O)Nc3ccc(N4CCCC4)cc3)ccc21. The molecule has 1 saturated heterocycles. The molecule has 1 fully saturated rings. The number of oxazole rings is 1. The van der Waals surface area contributed by atoms with Crippen LogP contribution in [-0.4, -0.2) is 23.6 Å². The minimum atomic E-state index is -0.440. The van der Waals surface area contributed by atoms with E-state index in [4.69, 9.17) is 4.42 Å². The standard InChI is InChI=1S/C19H19N3O3/c1-21-16-9-4-13(12-17(16)25-19(21)24)18(23)20-14-5-7-15(8-6-14)22-10-2-3-11-22/h4-9,12H,2-3,10-11H2,1H3,(H,20,23). The first-order chi connectivity index (χ1) is 12.1. The summed E-state index contributed by atoms with van der Waals surface area (Å²) in [6.45, 7) is 2.18. The summed E-state index contributed by atoms with van der Waals surface area (Å²) in [5.74, 6) is -0.674. The second-order valence-electron chi connectivity index (χ2n) is 6.30. The van der Waals surface area contributed by atoms with Crippen molar-refractivity contribution in [1.82, 2.24) is 4.57 Å². The average molecular weight is 337 g/mol. The Morgan fingerprint density at radius 1 is 1.08 bits per heavy atom. The first-order valence-corrected chi connectivity index (χ1v) is 8.38. The van der Waals surface area contributed by atoms with E-state index in [1.165, 1.54) is 23.1 Å². The van der Waals surface area contributed by atoms with E-state index in [0.717, 1.165) is 18.8 Å². The lowest BCUT2D eigenvalue weighted by Gasteiger charge is -2.17. The van der Waals surface area contributed by atoms with Gasteiger partial charge in [-0.05, 0) is 55.3 Å². The van der Waals surface area contributed by atoms with Crippen LogP contribution in [-0.2, 0) is 7.05 Å². The third-order valence-corrected chi connectivity index (χ3v) is 4.65. The predicted molar refractivity (Wildman–Crippen MR) is 97.3 cm³/mol. The number of hydrogen-bond donors (Lipinski definition) is 1. The molecule has 1 aliphatic rings. The van der Waals surface area contributed by atoms with Gasteiger partial charge in [-0.1, -0.05) is 0 Å². The van der Waals surface area contributed by atoms with Gasteiger partial charge in [0.25, 0.3) is 5.91 Å². The maximum absolute atomic E-state index is 12.4. The molecule has 3 aromatic rings. The number of carbonyl (C=O) groups is 1. The molecule has 0 bridgehead atoms. The van der Waals surface area contributed by atoms with E-state index in [1.54, 1.807) is 25.2 Å². The zero-order valence-electron chi connectivity index (χ0n) is 14.0. The second-order valence-corrected chi connectivity index (χ2v) is 6.30. The lowest BCUT2D eigenvalue weighted by atomic mass is 10.2. The highest BCUT2D eigenvalue weighted by Crippen LogP contribution is 2.22. The van der Waals surface area contributed by atoms with Crippen molar-refractivity contribution >= 4 is 28.4 Å². The third-order valence-electron chi connectivity index (χ3n) is 4.65. The molecule has 0 aliphatic carbocycles. The van der Waals surface area contributed by atoms with E-state index in [9.17, 15) is 9.59 Å². The molecule has 25 heavy (non-hydrogen) atoms. The van der Waals surface area contributed by atoms with E-state index in [2.05, 4.69) is 10.2 Å². The first-order valence-electron chi connectivity index (χ1n) is 8.38. The van der Waals surface area contributed by atoms with Gasteiger partial charge in [0.2, 0.25) is 0 Å². The van der Waals surface area contributed by atoms with Crippen LogP contribution < -0.4 is 16.0 Å². The van der Waals surface area contributed by atoms with Gasteiger partial charge in [0, 0.05) is 37.1 Å². The number of carbonyl (C=O) groups excluding carboxylic acids is 1. The summed E-state index contributed by atoms with van der Waals surface area (Å²) < 4.78 is 6.55. The molecule has 0 radical (unpaired) electrons. The van der Waals surface area contributed by atoms with E-state index in [1.807, 2.05) is 24.3 Å². The molecule has 0 spiro atoms. The lowest BCUT2D eigenvalue weighted by molar-refractivity contribution is 0.102. The summed E-state index contributed by atoms with van der Waals surface area (Å²) >= 11 is 0. The summed E-state index contributed by atoms with van der Waals surface area (Å²) in [5, 5.41) is 2.88. The summed E-state index contributed by atoms with van der Waals surface area (Å²) in [7, 11) is 1.63. The molecule has 2 aromatic carbocycles. The number of nitrogens with one attached hydrogen (secondary N) is 1. The number of rotatable bonds is 3. The van der Waals surface area contributed by atoms with Crippen molar-refractivity contribution in [2.24, 2.45) is 7.05 Å². The number of aromatic nitrogens is 1. The van der Waals surface area contributed by atoms with Crippen LogP contribution in [0, 0.1) is 0 Å². The normalized spacial score (nSPS) is 14.2. The Morgan fingerprint density at radius 3 is 2.52 bits per heavy atom. The molecule has 0 atom stereocenters. The molecule has 1 amide bonds. The molecule has 6 nitrogen and oxygen atoms in total. The minimum Gasteiger partial charge on any atom is -0.408 e. The number of amides is 1. The van der Waals surface area contributed by atoms with Crippen molar-refractivity contribution in [2.45, 2.75) is 12.8 Å². The fraction of sp³-hybridized carbons (Fsp3) is 0.263. The van der Waals surface area contributed by atoms with Crippen LogP contribution in [0.25, 0.3) is 11.1 Å². The monoisotopic (exact) mass is 337 g/mol. The zero-order chi connectivity index (χ0) is 17.4. The maximum Gasteiger partial charge on any atom is 0.419 e. The molecule has 0 unspecified atom stereocenters. The van der Waals surface area contributed by atoms with Crippen LogP contribution in [0.4, 0.5) is 11.4 Å². The largest absolute Gasteiger partial charge is 0.419 e. The van der Waals surface area contributed by atoms with Gasteiger partial charge in [-0.2, -0.15) is 0 Å². The lowest BCUT2D eigenvalue weighted by Crippen LogP contribution is -2.17. The van der Waals surface area contributed by atoms with Crippen LogP contribution in [0.3, 0.4) is 0 Å².